The first-order valence-electron chi connectivity index (χ1n) is 7.51. The third-order valence-electron chi connectivity index (χ3n) is 3.73. The van der Waals surface area contributed by atoms with Crippen LogP contribution in [-0.2, 0) is 4.79 Å². The average Bonchev–Trinajstić information content (AvgIpc) is 2.63. The highest BCUT2D eigenvalue weighted by Crippen LogP contribution is 2.29. The Hall–Kier alpha value is -3.78. The van der Waals surface area contributed by atoms with Gasteiger partial charge in [0.25, 0.3) is 5.91 Å². The molecule has 0 aliphatic carbocycles. The van der Waals surface area contributed by atoms with Crippen molar-refractivity contribution in [2.75, 3.05) is 5.32 Å². The molecule has 0 saturated heterocycles. The number of phenolic OH excluding ortho intramolecular Hbond substituents is 2. The molecule has 0 saturated carbocycles. The van der Waals surface area contributed by atoms with Crippen molar-refractivity contribution >= 4 is 28.4 Å². The maximum absolute atomic E-state index is 12.3. The van der Waals surface area contributed by atoms with Gasteiger partial charge in [0.05, 0.1) is 0 Å². The van der Waals surface area contributed by atoms with E-state index in [1.165, 1.54) is 36.4 Å². The molecular weight excluding hydrogens is 316 g/mol. The van der Waals surface area contributed by atoms with Crippen LogP contribution in [0.2, 0.25) is 0 Å². The van der Waals surface area contributed by atoms with Gasteiger partial charge in [-0.3, -0.25) is 4.79 Å². The molecule has 0 unspecified atom stereocenters. The summed E-state index contributed by atoms with van der Waals surface area (Å²) < 4.78 is 0. The van der Waals surface area contributed by atoms with Crippen molar-refractivity contribution in [3.05, 3.63) is 71.8 Å². The first-order valence-corrected chi connectivity index (χ1v) is 7.51. The van der Waals surface area contributed by atoms with Crippen molar-refractivity contribution in [3.63, 3.8) is 0 Å². The zero-order valence-corrected chi connectivity index (χ0v) is 13.1. The molecule has 5 heteroatoms. The molecule has 3 N–H and O–H groups in total. The summed E-state index contributed by atoms with van der Waals surface area (Å²) >= 11 is 0. The van der Waals surface area contributed by atoms with Gasteiger partial charge in [-0.1, -0.05) is 30.3 Å². The largest absolute Gasteiger partial charge is 0.508 e. The number of fused-ring (bicyclic) bond motifs is 1. The van der Waals surface area contributed by atoms with E-state index < -0.39 is 5.91 Å². The number of nitrogens with zero attached hydrogens (tertiary/aromatic N) is 1. The van der Waals surface area contributed by atoms with Crippen LogP contribution in [0.1, 0.15) is 5.56 Å². The summed E-state index contributed by atoms with van der Waals surface area (Å²) in [4.78, 5) is 12.3. The number of amides is 1. The first kappa shape index (κ1) is 16.1. The third-order valence-corrected chi connectivity index (χ3v) is 3.73. The second-order valence-corrected chi connectivity index (χ2v) is 5.39. The normalized spacial score (nSPS) is 11.1. The number of benzene rings is 3. The molecule has 0 radical (unpaired) electrons. The monoisotopic (exact) mass is 330 g/mol. The molecule has 0 aliphatic heterocycles. The number of rotatable bonds is 3. The maximum atomic E-state index is 12.3. The Morgan fingerprint density at radius 1 is 1.00 bits per heavy atom. The summed E-state index contributed by atoms with van der Waals surface area (Å²) in [6.07, 6.45) is 1.37. The topological polar surface area (TPSA) is 93.3 Å². The van der Waals surface area contributed by atoms with Gasteiger partial charge in [-0.15, -0.1) is 0 Å². The molecule has 0 bridgehead atoms. The highest BCUT2D eigenvalue weighted by atomic mass is 16.3. The number of hydrogen-bond acceptors (Lipinski definition) is 4. The van der Waals surface area contributed by atoms with Crippen LogP contribution in [-0.4, -0.2) is 16.1 Å². The molecule has 1 amide bonds. The molecule has 122 valence electrons. The quantitative estimate of drug-likeness (QED) is 0.387. The van der Waals surface area contributed by atoms with E-state index in [-0.39, 0.29) is 17.1 Å². The van der Waals surface area contributed by atoms with Gasteiger partial charge in [0.2, 0.25) is 0 Å². The molecule has 3 aromatic carbocycles. The predicted molar refractivity (Wildman–Crippen MR) is 95.9 cm³/mol. The minimum absolute atomic E-state index is 0.0103. The molecule has 0 fully saturated rings. The van der Waals surface area contributed by atoms with Crippen molar-refractivity contribution in [3.8, 4) is 17.6 Å². The van der Waals surface area contributed by atoms with Gasteiger partial charge >= 0.3 is 0 Å². The molecule has 25 heavy (non-hydrogen) atoms. The fourth-order valence-corrected chi connectivity index (χ4v) is 2.47. The van der Waals surface area contributed by atoms with E-state index >= 15 is 0 Å². The Bertz CT molecular complexity index is 1020. The van der Waals surface area contributed by atoms with E-state index in [1.54, 1.807) is 6.07 Å². The molecule has 5 nitrogen and oxygen atoms in total. The summed E-state index contributed by atoms with van der Waals surface area (Å²) in [6, 6.07) is 18.5. The standard InChI is InChI=1S/C20H14N2O3/c21-12-14(20(25)22-15-6-8-16(23)9-7-15)11-18-17-4-2-1-3-13(17)5-10-19(18)24/h1-11,23-24H,(H,22,25). The van der Waals surface area contributed by atoms with Gasteiger partial charge in [-0.2, -0.15) is 5.26 Å². The van der Waals surface area contributed by atoms with E-state index in [9.17, 15) is 20.3 Å². The highest BCUT2D eigenvalue weighted by Gasteiger charge is 2.12. The highest BCUT2D eigenvalue weighted by molar-refractivity contribution is 6.11. The molecule has 3 aromatic rings. The summed E-state index contributed by atoms with van der Waals surface area (Å²) in [5, 5.41) is 33.0. The van der Waals surface area contributed by atoms with Crippen molar-refractivity contribution < 1.29 is 15.0 Å². The summed E-state index contributed by atoms with van der Waals surface area (Å²) in [7, 11) is 0. The molecular formula is C20H14N2O3. The van der Waals surface area contributed by atoms with Crippen molar-refractivity contribution in [1.82, 2.24) is 0 Å². The summed E-state index contributed by atoms with van der Waals surface area (Å²) in [5.74, 6) is -0.529. The molecule has 0 atom stereocenters. The van der Waals surface area contributed by atoms with Gasteiger partial charge in [0.15, 0.2) is 0 Å². The Morgan fingerprint density at radius 2 is 1.72 bits per heavy atom. The van der Waals surface area contributed by atoms with Crippen molar-refractivity contribution in [2.24, 2.45) is 0 Å². The lowest BCUT2D eigenvalue weighted by molar-refractivity contribution is -0.112. The first-order chi connectivity index (χ1) is 12.1. The van der Waals surface area contributed by atoms with Crippen molar-refractivity contribution in [2.45, 2.75) is 0 Å². The number of carbonyl (C=O) groups is 1. The van der Waals surface area contributed by atoms with Crippen LogP contribution in [0.5, 0.6) is 11.5 Å². The van der Waals surface area contributed by atoms with E-state index in [1.807, 2.05) is 30.3 Å². The average molecular weight is 330 g/mol. The summed E-state index contributed by atoms with van der Waals surface area (Å²) in [6.45, 7) is 0. The number of aromatic hydroxyl groups is 2. The maximum Gasteiger partial charge on any atom is 0.266 e. The zero-order chi connectivity index (χ0) is 17.8. The van der Waals surface area contributed by atoms with Crippen LogP contribution in [0, 0.1) is 11.3 Å². The lowest BCUT2D eigenvalue weighted by Crippen LogP contribution is -2.13. The van der Waals surface area contributed by atoms with Crippen LogP contribution < -0.4 is 5.32 Å². The fraction of sp³-hybridized carbons (Fsp3) is 0. The predicted octanol–water partition coefficient (Wildman–Crippen LogP) is 3.80. The number of nitrogens with one attached hydrogen (secondary N) is 1. The smallest absolute Gasteiger partial charge is 0.266 e. The lowest BCUT2D eigenvalue weighted by atomic mass is 10.0. The van der Waals surface area contributed by atoms with E-state index in [0.717, 1.165) is 10.8 Å². The van der Waals surface area contributed by atoms with Gasteiger partial charge in [-0.25, -0.2) is 0 Å². The van der Waals surface area contributed by atoms with Crippen molar-refractivity contribution in [1.29, 1.82) is 5.26 Å². The minimum Gasteiger partial charge on any atom is -0.508 e. The Balaban J connectivity index is 1.98. The number of phenols is 2. The third kappa shape index (κ3) is 3.43. The van der Waals surface area contributed by atoms with Gasteiger partial charge in [-0.05, 0) is 47.2 Å². The van der Waals surface area contributed by atoms with Crippen LogP contribution in [0.4, 0.5) is 5.69 Å². The number of anilines is 1. The second kappa shape index (κ2) is 6.77. The molecule has 0 aliphatic rings. The Morgan fingerprint density at radius 3 is 2.44 bits per heavy atom. The van der Waals surface area contributed by atoms with E-state index in [0.29, 0.717) is 11.3 Å². The van der Waals surface area contributed by atoms with E-state index in [2.05, 4.69) is 5.32 Å². The fourth-order valence-electron chi connectivity index (χ4n) is 2.47. The number of hydrogen-bond donors (Lipinski definition) is 3. The van der Waals surface area contributed by atoms with Crippen LogP contribution in [0.15, 0.2) is 66.2 Å². The molecule has 0 spiro atoms. The second-order valence-electron chi connectivity index (χ2n) is 5.39. The summed E-state index contributed by atoms with van der Waals surface area (Å²) in [5.41, 5.74) is 0.723. The lowest BCUT2D eigenvalue weighted by Gasteiger charge is -2.07. The number of nitriles is 1. The minimum atomic E-state index is -0.597. The Labute approximate surface area is 144 Å². The molecule has 0 heterocycles. The number of carbonyl (C=O) groups excluding carboxylic acids is 1. The van der Waals surface area contributed by atoms with Crippen LogP contribution >= 0.6 is 0 Å². The molecule has 3 rings (SSSR count). The van der Waals surface area contributed by atoms with Gasteiger partial charge in [0.1, 0.15) is 23.1 Å². The van der Waals surface area contributed by atoms with Crippen LogP contribution in [0.3, 0.4) is 0 Å². The van der Waals surface area contributed by atoms with Crippen LogP contribution in [0.25, 0.3) is 16.8 Å². The zero-order valence-electron chi connectivity index (χ0n) is 13.1. The Kier molecular flexibility index (Phi) is 4.36. The SMILES string of the molecule is N#CC(=Cc1c(O)ccc2ccccc12)C(=O)Nc1ccc(O)cc1. The molecule has 0 aromatic heterocycles. The van der Waals surface area contributed by atoms with E-state index in [4.69, 9.17) is 0 Å². The van der Waals surface area contributed by atoms with Gasteiger partial charge < -0.3 is 15.5 Å². The van der Waals surface area contributed by atoms with Gasteiger partial charge in [0, 0.05) is 11.3 Å².